The molecular formula is C11H12O8S. The van der Waals surface area contributed by atoms with E-state index in [1.807, 2.05) is 0 Å². The van der Waals surface area contributed by atoms with E-state index in [0.717, 1.165) is 5.56 Å². The zero-order chi connectivity index (χ0) is 15.5. The summed E-state index contributed by atoms with van der Waals surface area (Å²) < 4.78 is 27.4. The molecule has 2 unspecified atom stereocenters. The monoisotopic (exact) mass is 304 g/mol. The van der Waals surface area contributed by atoms with Crippen molar-refractivity contribution in [1.29, 1.82) is 0 Å². The Morgan fingerprint density at radius 2 is 1.60 bits per heavy atom. The lowest BCUT2D eigenvalue weighted by Crippen LogP contribution is -2.41. The number of carbonyl (C=O) groups excluding carboxylic acids is 1. The minimum atomic E-state index is -4.49. The molecule has 1 rings (SSSR count). The predicted molar refractivity (Wildman–Crippen MR) is 64.1 cm³/mol. The molecule has 20 heavy (non-hydrogen) atoms. The molecule has 0 spiro atoms. The van der Waals surface area contributed by atoms with Crippen LogP contribution < -0.4 is 0 Å². The number of aliphatic carboxylic acids is 1. The van der Waals surface area contributed by atoms with Crippen molar-refractivity contribution in [3.63, 3.8) is 0 Å². The second-order valence-electron chi connectivity index (χ2n) is 3.90. The van der Waals surface area contributed by atoms with Crippen molar-refractivity contribution in [2.75, 3.05) is 0 Å². The molecule has 9 heteroatoms. The van der Waals surface area contributed by atoms with E-state index >= 15 is 0 Å². The molecule has 0 radical (unpaired) electrons. The highest BCUT2D eigenvalue weighted by Crippen LogP contribution is 2.14. The summed E-state index contributed by atoms with van der Waals surface area (Å²) in [6.45, 7) is 1.72. The van der Waals surface area contributed by atoms with E-state index in [-0.39, 0.29) is 4.90 Å². The third-order valence-electron chi connectivity index (χ3n) is 2.30. The molecule has 0 aliphatic carbocycles. The number of carboxylic acid groups (broad SMARTS) is 1. The van der Waals surface area contributed by atoms with Gasteiger partial charge in [0.15, 0.2) is 12.2 Å². The number of rotatable bonds is 5. The Morgan fingerprint density at radius 3 is 2.05 bits per heavy atom. The molecule has 0 aromatic heterocycles. The standard InChI is InChI=1S/C11H12O8S/c1-6-2-4-7(5-3-6)20(17,18)19-11(16)9(13)8(12)10(14)15/h2-5,8-9,12-13H,1H3,(H,14,15). The fourth-order valence-corrected chi connectivity index (χ4v) is 2.05. The highest BCUT2D eigenvalue weighted by molar-refractivity contribution is 7.87. The maximum absolute atomic E-state index is 11.7. The summed E-state index contributed by atoms with van der Waals surface area (Å²) in [4.78, 5) is 21.3. The molecule has 0 aliphatic heterocycles. The summed E-state index contributed by atoms with van der Waals surface area (Å²) in [5.74, 6) is -3.66. The second kappa shape index (κ2) is 5.99. The van der Waals surface area contributed by atoms with Gasteiger partial charge in [-0.05, 0) is 19.1 Å². The van der Waals surface area contributed by atoms with E-state index in [1.165, 1.54) is 24.3 Å². The van der Waals surface area contributed by atoms with Crippen molar-refractivity contribution in [2.24, 2.45) is 0 Å². The Balaban J connectivity index is 2.89. The Hall–Kier alpha value is -1.97. The summed E-state index contributed by atoms with van der Waals surface area (Å²) in [5, 5.41) is 26.4. The zero-order valence-electron chi connectivity index (χ0n) is 10.3. The molecule has 0 amide bonds. The largest absolute Gasteiger partial charge is 0.479 e. The molecule has 0 bridgehead atoms. The van der Waals surface area contributed by atoms with Crippen molar-refractivity contribution in [3.8, 4) is 0 Å². The van der Waals surface area contributed by atoms with Gasteiger partial charge in [0.05, 0.1) is 0 Å². The molecule has 8 nitrogen and oxygen atoms in total. The fraction of sp³-hybridized carbons (Fsp3) is 0.273. The number of hydrogen-bond donors (Lipinski definition) is 3. The van der Waals surface area contributed by atoms with Crippen molar-refractivity contribution in [2.45, 2.75) is 24.0 Å². The van der Waals surface area contributed by atoms with E-state index in [0.29, 0.717) is 0 Å². The Kier molecular flexibility index (Phi) is 4.82. The maximum atomic E-state index is 11.7. The Bertz CT molecular complexity index is 604. The van der Waals surface area contributed by atoms with Crippen LogP contribution >= 0.6 is 0 Å². The Morgan fingerprint density at radius 1 is 1.10 bits per heavy atom. The number of benzene rings is 1. The van der Waals surface area contributed by atoms with Crippen LogP contribution in [-0.2, 0) is 23.9 Å². The topological polar surface area (TPSA) is 138 Å². The van der Waals surface area contributed by atoms with Gasteiger partial charge >= 0.3 is 22.1 Å². The minimum absolute atomic E-state index is 0.339. The van der Waals surface area contributed by atoms with Crippen LogP contribution in [0.15, 0.2) is 29.2 Å². The molecule has 0 saturated heterocycles. The molecule has 3 N–H and O–H groups in total. The molecular weight excluding hydrogens is 292 g/mol. The number of aliphatic hydroxyl groups is 2. The fourth-order valence-electron chi connectivity index (χ4n) is 1.17. The van der Waals surface area contributed by atoms with Crippen LogP contribution in [0.25, 0.3) is 0 Å². The van der Waals surface area contributed by atoms with Gasteiger partial charge in [0.1, 0.15) is 4.90 Å². The number of carbonyl (C=O) groups is 2. The normalized spacial score (nSPS) is 14.3. The lowest BCUT2D eigenvalue weighted by atomic mass is 10.2. The van der Waals surface area contributed by atoms with Crippen LogP contribution in [0.1, 0.15) is 5.56 Å². The van der Waals surface area contributed by atoms with Crippen LogP contribution in [0.3, 0.4) is 0 Å². The van der Waals surface area contributed by atoms with E-state index < -0.39 is 34.3 Å². The van der Waals surface area contributed by atoms with Gasteiger partial charge in [-0.15, -0.1) is 0 Å². The van der Waals surface area contributed by atoms with Crippen LogP contribution in [-0.4, -0.2) is 47.9 Å². The van der Waals surface area contributed by atoms with Gasteiger partial charge in [-0.2, -0.15) is 8.42 Å². The van der Waals surface area contributed by atoms with Crippen molar-refractivity contribution < 1.29 is 37.5 Å². The molecule has 0 aliphatic rings. The van der Waals surface area contributed by atoms with Crippen LogP contribution in [0.5, 0.6) is 0 Å². The molecule has 1 aromatic rings. The SMILES string of the molecule is Cc1ccc(S(=O)(=O)OC(=O)C(O)C(O)C(=O)O)cc1. The quantitative estimate of drug-likeness (QED) is 0.591. The highest BCUT2D eigenvalue weighted by Gasteiger charge is 2.34. The zero-order valence-corrected chi connectivity index (χ0v) is 11.1. The van der Waals surface area contributed by atoms with Crippen molar-refractivity contribution >= 4 is 22.1 Å². The summed E-state index contributed by atoms with van der Waals surface area (Å²) in [7, 11) is -4.49. The first-order valence-corrected chi connectivity index (χ1v) is 6.70. The first-order chi connectivity index (χ1) is 9.15. The number of carboxylic acids is 1. The van der Waals surface area contributed by atoms with Crippen LogP contribution in [0.4, 0.5) is 0 Å². The molecule has 0 fully saturated rings. The van der Waals surface area contributed by atoms with Gasteiger partial charge in [-0.25, -0.2) is 9.59 Å². The molecule has 0 heterocycles. The van der Waals surface area contributed by atoms with Crippen molar-refractivity contribution in [1.82, 2.24) is 0 Å². The van der Waals surface area contributed by atoms with Gasteiger partial charge < -0.3 is 19.5 Å². The van der Waals surface area contributed by atoms with E-state index in [2.05, 4.69) is 4.18 Å². The maximum Gasteiger partial charge on any atom is 0.354 e. The molecule has 110 valence electrons. The van der Waals surface area contributed by atoms with E-state index in [9.17, 15) is 18.0 Å². The smallest absolute Gasteiger partial charge is 0.354 e. The average molecular weight is 304 g/mol. The van der Waals surface area contributed by atoms with Crippen LogP contribution in [0.2, 0.25) is 0 Å². The van der Waals surface area contributed by atoms with Gasteiger partial charge in [0.2, 0.25) is 0 Å². The third-order valence-corrected chi connectivity index (χ3v) is 3.53. The van der Waals surface area contributed by atoms with Gasteiger partial charge in [-0.1, -0.05) is 17.7 Å². The van der Waals surface area contributed by atoms with Crippen molar-refractivity contribution in [3.05, 3.63) is 29.8 Å². The molecule has 2 atom stereocenters. The van der Waals surface area contributed by atoms with Gasteiger partial charge in [0.25, 0.3) is 0 Å². The van der Waals surface area contributed by atoms with E-state index in [1.54, 1.807) is 6.92 Å². The lowest BCUT2D eigenvalue weighted by molar-refractivity contribution is -0.163. The highest BCUT2D eigenvalue weighted by atomic mass is 32.2. The molecule has 0 saturated carbocycles. The molecule has 1 aromatic carbocycles. The first kappa shape index (κ1) is 16.1. The summed E-state index contributed by atoms with van der Waals surface area (Å²) >= 11 is 0. The summed E-state index contributed by atoms with van der Waals surface area (Å²) in [5.41, 5.74) is 0.775. The number of aliphatic hydroxyl groups excluding tert-OH is 2. The average Bonchev–Trinajstić information content (AvgIpc) is 2.36. The third kappa shape index (κ3) is 3.76. The summed E-state index contributed by atoms with van der Waals surface area (Å²) in [6, 6.07) is 5.28. The Labute approximate surface area is 114 Å². The van der Waals surface area contributed by atoms with Gasteiger partial charge in [0, 0.05) is 0 Å². The number of hydrogen-bond acceptors (Lipinski definition) is 7. The lowest BCUT2D eigenvalue weighted by Gasteiger charge is -2.13. The number of aryl methyl sites for hydroxylation is 1. The minimum Gasteiger partial charge on any atom is -0.479 e. The second-order valence-corrected chi connectivity index (χ2v) is 5.44. The predicted octanol–water partition coefficient (Wildman–Crippen LogP) is -0.967. The first-order valence-electron chi connectivity index (χ1n) is 5.29. The van der Waals surface area contributed by atoms with Crippen LogP contribution in [0, 0.1) is 6.92 Å². The summed E-state index contributed by atoms with van der Waals surface area (Å²) in [6.07, 6.45) is -4.98. The van der Waals surface area contributed by atoms with Gasteiger partial charge in [-0.3, -0.25) is 0 Å². The van der Waals surface area contributed by atoms with E-state index in [4.69, 9.17) is 15.3 Å².